The summed E-state index contributed by atoms with van der Waals surface area (Å²) in [5, 5.41) is 0.656. The van der Waals surface area contributed by atoms with Crippen LogP contribution in [0, 0.1) is 13.8 Å². The van der Waals surface area contributed by atoms with E-state index in [9.17, 15) is 9.59 Å². The topological polar surface area (TPSA) is 59.1 Å². The van der Waals surface area contributed by atoms with E-state index in [1.54, 1.807) is 29.0 Å². The Morgan fingerprint density at radius 3 is 2.49 bits per heavy atom. The Morgan fingerprint density at radius 1 is 1.03 bits per heavy atom. The Labute approximate surface area is 223 Å². The summed E-state index contributed by atoms with van der Waals surface area (Å²) >= 11 is 6.18. The number of aryl methyl sites for hydroxylation is 2. The molecule has 0 aliphatic carbocycles. The Bertz CT molecular complexity index is 1250. The monoisotopic (exact) mass is 520 g/mol. The molecule has 1 fully saturated rings. The smallest absolute Gasteiger partial charge is 0.254 e. The molecule has 0 radical (unpaired) electrons. The summed E-state index contributed by atoms with van der Waals surface area (Å²) in [6, 6.07) is 22.8. The van der Waals surface area contributed by atoms with Crippen molar-refractivity contribution in [2.45, 2.75) is 32.4 Å². The second-order valence-electron chi connectivity index (χ2n) is 9.68. The molecule has 1 atom stereocenters. The van der Waals surface area contributed by atoms with Gasteiger partial charge in [0, 0.05) is 30.7 Å². The number of amides is 2. The van der Waals surface area contributed by atoms with Crippen molar-refractivity contribution in [2.75, 3.05) is 33.4 Å². The van der Waals surface area contributed by atoms with Crippen molar-refractivity contribution >= 4 is 23.4 Å². The lowest BCUT2D eigenvalue weighted by atomic mass is 9.96. The van der Waals surface area contributed by atoms with Gasteiger partial charge in [0.15, 0.2) is 0 Å². The van der Waals surface area contributed by atoms with Crippen LogP contribution in [-0.2, 0) is 16.1 Å². The fraction of sp³-hybridized carbons (Fsp3) is 0.333. The largest absolute Gasteiger partial charge is 0.490 e. The van der Waals surface area contributed by atoms with Gasteiger partial charge in [-0.1, -0.05) is 60.1 Å². The lowest BCUT2D eigenvalue weighted by Gasteiger charge is -2.42. The van der Waals surface area contributed by atoms with Crippen molar-refractivity contribution in [1.29, 1.82) is 0 Å². The molecular weight excluding hydrogens is 488 g/mol. The number of hydrogen-bond acceptors (Lipinski definition) is 4. The zero-order valence-corrected chi connectivity index (χ0v) is 22.3. The highest BCUT2D eigenvalue weighted by atomic mass is 35.5. The quantitative estimate of drug-likeness (QED) is 0.404. The van der Waals surface area contributed by atoms with E-state index >= 15 is 0 Å². The molecule has 0 N–H and O–H groups in total. The van der Waals surface area contributed by atoms with E-state index < -0.39 is 5.60 Å². The van der Waals surface area contributed by atoms with E-state index in [0.717, 1.165) is 16.7 Å². The lowest BCUT2D eigenvalue weighted by molar-refractivity contribution is -0.152. The minimum Gasteiger partial charge on any atom is -0.490 e. The average Bonchev–Trinajstić information content (AvgIpc) is 2.90. The molecule has 1 saturated heterocycles. The van der Waals surface area contributed by atoms with Gasteiger partial charge in [0.2, 0.25) is 5.91 Å². The normalized spacial score (nSPS) is 17.4. The zero-order chi connectivity index (χ0) is 26.4. The molecule has 0 aromatic heterocycles. The van der Waals surface area contributed by atoms with Gasteiger partial charge < -0.3 is 19.3 Å². The summed E-state index contributed by atoms with van der Waals surface area (Å²) in [7, 11) is 1.78. The molecule has 37 heavy (non-hydrogen) atoms. The number of rotatable bonds is 8. The van der Waals surface area contributed by atoms with Crippen molar-refractivity contribution in [3.05, 3.63) is 100 Å². The van der Waals surface area contributed by atoms with Crippen LogP contribution in [-0.4, -0.2) is 60.6 Å². The first-order chi connectivity index (χ1) is 17.8. The van der Waals surface area contributed by atoms with Gasteiger partial charge in [0.25, 0.3) is 5.91 Å². The van der Waals surface area contributed by atoms with Crippen LogP contribution >= 0.6 is 11.6 Å². The molecule has 4 rings (SSSR count). The maximum Gasteiger partial charge on any atom is 0.254 e. The van der Waals surface area contributed by atoms with E-state index in [-0.39, 0.29) is 31.4 Å². The van der Waals surface area contributed by atoms with Gasteiger partial charge in [-0.2, -0.15) is 0 Å². The molecule has 1 aliphatic heterocycles. The number of benzene rings is 3. The van der Waals surface area contributed by atoms with Gasteiger partial charge >= 0.3 is 0 Å². The van der Waals surface area contributed by atoms with E-state index in [1.807, 2.05) is 74.5 Å². The van der Waals surface area contributed by atoms with Crippen molar-refractivity contribution in [3.63, 3.8) is 0 Å². The molecule has 0 bridgehead atoms. The molecule has 0 saturated carbocycles. The highest BCUT2D eigenvalue weighted by Crippen LogP contribution is 2.28. The Balaban J connectivity index is 1.55. The minimum atomic E-state index is -0.994. The second kappa shape index (κ2) is 11.8. The summed E-state index contributed by atoms with van der Waals surface area (Å²) in [4.78, 5) is 30.3. The summed E-state index contributed by atoms with van der Waals surface area (Å²) in [5.74, 6) is 0.487. The van der Waals surface area contributed by atoms with Crippen LogP contribution < -0.4 is 4.74 Å². The van der Waals surface area contributed by atoms with E-state index in [4.69, 9.17) is 21.1 Å². The molecule has 0 spiro atoms. The Kier molecular flexibility index (Phi) is 8.52. The third-order valence-corrected chi connectivity index (χ3v) is 7.13. The summed E-state index contributed by atoms with van der Waals surface area (Å²) < 4.78 is 12.4. The van der Waals surface area contributed by atoms with Crippen LogP contribution in [0.25, 0.3) is 0 Å². The Hall–Kier alpha value is -3.35. The van der Waals surface area contributed by atoms with E-state index in [2.05, 4.69) is 0 Å². The highest BCUT2D eigenvalue weighted by molar-refractivity contribution is 6.31. The summed E-state index contributed by atoms with van der Waals surface area (Å²) in [6.07, 6.45) is 0.0838. The number of carbonyl (C=O) groups excluding carboxylic acids is 2. The van der Waals surface area contributed by atoms with Gasteiger partial charge in [-0.25, -0.2) is 0 Å². The van der Waals surface area contributed by atoms with Crippen LogP contribution in [0.4, 0.5) is 0 Å². The highest BCUT2D eigenvalue weighted by Gasteiger charge is 2.42. The molecule has 1 heterocycles. The number of morpholine rings is 1. The van der Waals surface area contributed by atoms with Crippen LogP contribution in [0.15, 0.2) is 72.8 Å². The predicted molar refractivity (Wildman–Crippen MR) is 145 cm³/mol. The molecule has 2 amide bonds. The molecule has 0 unspecified atom stereocenters. The van der Waals surface area contributed by atoms with E-state index in [0.29, 0.717) is 36.0 Å². The fourth-order valence-electron chi connectivity index (χ4n) is 4.52. The van der Waals surface area contributed by atoms with Crippen molar-refractivity contribution < 1.29 is 19.1 Å². The number of halogens is 1. The average molecular weight is 521 g/mol. The maximum atomic E-state index is 13.4. The third-order valence-electron chi connectivity index (χ3n) is 6.70. The maximum absolute atomic E-state index is 13.4. The molecule has 1 aliphatic rings. The standard InChI is InChI=1S/C30H33ClN2O4/c1-22-9-7-8-12-26(22)29(35)33-15-16-37-30(20-33,21-36-25-13-14-27(31)23(2)17-25)18-28(34)32(3)19-24-10-5-4-6-11-24/h4-14,17H,15-16,18-21H2,1-3H3/t30-/m1/s1. The molecule has 6 nitrogen and oxygen atoms in total. The predicted octanol–water partition coefficient (Wildman–Crippen LogP) is 5.30. The van der Waals surface area contributed by atoms with Crippen LogP contribution in [0.1, 0.15) is 33.5 Å². The molecule has 3 aromatic rings. The molecule has 194 valence electrons. The fourth-order valence-corrected chi connectivity index (χ4v) is 4.64. The van der Waals surface area contributed by atoms with E-state index in [1.165, 1.54) is 0 Å². The van der Waals surface area contributed by atoms with Gasteiger partial charge in [-0.05, 0) is 54.8 Å². The summed E-state index contributed by atoms with van der Waals surface area (Å²) in [5.41, 5.74) is 2.51. The van der Waals surface area contributed by atoms with Gasteiger partial charge in [0.1, 0.15) is 18.0 Å². The van der Waals surface area contributed by atoms with Gasteiger partial charge in [-0.15, -0.1) is 0 Å². The van der Waals surface area contributed by atoms with Gasteiger partial charge in [0.05, 0.1) is 19.6 Å². The van der Waals surface area contributed by atoms with Crippen LogP contribution in [0.5, 0.6) is 5.75 Å². The first kappa shape index (κ1) is 26.7. The second-order valence-corrected chi connectivity index (χ2v) is 10.1. The van der Waals surface area contributed by atoms with Crippen LogP contribution in [0.3, 0.4) is 0 Å². The number of ether oxygens (including phenoxy) is 2. The lowest BCUT2D eigenvalue weighted by Crippen LogP contribution is -2.58. The van der Waals surface area contributed by atoms with Crippen molar-refractivity contribution in [1.82, 2.24) is 9.80 Å². The molecule has 7 heteroatoms. The molecular formula is C30H33ClN2O4. The van der Waals surface area contributed by atoms with Crippen molar-refractivity contribution in [2.24, 2.45) is 0 Å². The van der Waals surface area contributed by atoms with Crippen molar-refractivity contribution in [3.8, 4) is 5.75 Å². The SMILES string of the molecule is Cc1cc(OC[C@@]2(CC(=O)N(C)Cc3ccccc3)CN(C(=O)c3ccccc3C)CCO2)ccc1Cl. The summed E-state index contributed by atoms with van der Waals surface area (Å²) in [6.45, 7) is 5.45. The first-order valence-corrected chi connectivity index (χ1v) is 12.8. The number of nitrogens with zero attached hydrogens (tertiary/aromatic N) is 2. The zero-order valence-electron chi connectivity index (χ0n) is 21.6. The molecule has 3 aromatic carbocycles. The third kappa shape index (κ3) is 6.70. The number of carbonyl (C=O) groups is 2. The minimum absolute atomic E-state index is 0.0711. The Morgan fingerprint density at radius 2 is 1.76 bits per heavy atom. The van der Waals surface area contributed by atoms with Gasteiger partial charge in [-0.3, -0.25) is 9.59 Å². The first-order valence-electron chi connectivity index (χ1n) is 12.4. The van der Waals surface area contributed by atoms with Crippen LogP contribution in [0.2, 0.25) is 5.02 Å². The number of hydrogen-bond donors (Lipinski definition) is 0.